The van der Waals surface area contributed by atoms with Gasteiger partial charge in [0.25, 0.3) is 11.8 Å². The molecule has 0 fully saturated rings. The highest BCUT2D eigenvalue weighted by Gasteiger charge is 2.25. The molecule has 3 rings (SSSR count). The molecule has 1 amide bonds. The SMILES string of the molecule is CC(F)(F)c1cccc(CS(=O)(=O)n2ccc(NC(=O)c3ccccn3)c2)c1. The maximum Gasteiger partial charge on any atom is 0.274 e. The molecule has 1 aromatic carbocycles. The van der Waals surface area contributed by atoms with E-state index in [1.807, 2.05) is 0 Å². The minimum atomic E-state index is -3.85. The van der Waals surface area contributed by atoms with Crippen molar-refractivity contribution in [2.24, 2.45) is 0 Å². The van der Waals surface area contributed by atoms with Gasteiger partial charge < -0.3 is 5.32 Å². The van der Waals surface area contributed by atoms with Crippen molar-refractivity contribution in [1.29, 1.82) is 0 Å². The van der Waals surface area contributed by atoms with Crippen molar-refractivity contribution in [2.45, 2.75) is 18.6 Å². The van der Waals surface area contributed by atoms with E-state index in [1.54, 1.807) is 12.1 Å². The van der Waals surface area contributed by atoms with Crippen LogP contribution in [0, 0.1) is 0 Å². The first-order chi connectivity index (χ1) is 13.1. The van der Waals surface area contributed by atoms with Gasteiger partial charge >= 0.3 is 0 Å². The van der Waals surface area contributed by atoms with E-state index < -0.39 is 27.6 Å². The van der Waals surface area contributed by atoms with E-state index >= 15 is 0 Å². The number of carbonyl (C=O) groups excluding carboxylic acids is 1. The fraction of sp³-hybridized carbons (Fsp3) is 0.158. The van der Waals surface area contributed by atoms with Crippen LogP contribution in [-0.2, 0) is 21.7 Å². The van der Waals surface area contributed by atoms with Gasteiger partial charge in [0.1, 0.15) is 5.69 Å². The van der Waals surface area contributed by atoms with Gasteiger partial charge in [-0.25, -0.2) is 17.2 Å². The zero-order chi connectivity index (χ0) is 20.4. The number of nitrogens with one attached hydrogen (secondary N) is 1. The molecule has 0 aliphatic carbocycles. The second-order valence-electron chi connectivity index (χ2n) is 6.24. The molecule has 2 heterocycles. The summed E-state index contributed by atoms with van der Waals surface area (Å²) in [7, 11) is -3.85. The molecule has 0 aliphatic rings. The fourth-order valence-corrected chi connectivity index (χ4v) is 3.81. The van der Waals surface area contributed by atoms with Crippen LogP contribution in [-0.4, -0.2) is 23.3 Å². The highest BCUT2D eigenvalue weighted by molar-refractivity contribution is 7.89. The molecule has 2 aromatic heterocycles. The van der Waals surface area contributed by atoms with Gasteiger partial charge in [-0.15, -0.1) is 0 Å². The Balaban J connectivity index is 1.76. The van der Waals surface area contributed by atoms with E-state index in [9.17, 15) is 22.0 Å². The van der Waals surface area contributed by atoms with Crippen LogP contribution >= 0.6 is 0 Å². The molecule has 0 aliphatic heterocycles. The third-order valence-corrected chi connectivity index (χ3v) is 5.49. The van der Waals surface area contributed by atoms with Gasteiger partial charge in [-0.05, 0) is 29.8 Å². The minimum Gasteiger partial charge on any atom is -0.319 e. The predicted octanol–water partition coefficient (Wildman–Crippen LogP) is 3.63. The average Bonchev–Trinajstić information content (AvgIpc) is 3.11. The standard InChI is InChI=1S/C19H17F2N3O3S/c1-19(20,21)15-6-4-5-14(11-15)13-28(26,27)24-10-8-16(12-24)23-18(25)17-7-2-3-9-22-17/h2-12H,13H2,1H3,(H,23,25). The molecule has 28 heavy (non-hydrogen) atoms. The highest BCUT2D eigenvalue weighted by Crippen LogP contribution is 2.28. The monoisotopic (exact) mass is 405 g/mol. The molecule has 0 saturated heterocycles. The molecule has 0 radical (unpaired) electrons. The van der Waals surface area contributed by atoms with Gasteiger partial charge in [-0.2, -0.15) is 0 Å². The number of rotatable bonds is 6. The summed E-state index contributed by atoms with van der Waals surface area (Å²) < 4.78 is 53.0. The highest BCUT2D eigenvalue weighted by atomic mass is 32.2. The number of alkyl halides is 2. The topological polar surface area (TPSA) is 81.1 Å². The van der Waals surface area contributed by atoms with Crippen LogP contribution in [0.4, 0.5) is 14.5 Å². The molecule has 146 valence electrons. The second-order valence-corrected chi connectivity index (χ2v) is 8.12. The maximum absolute atomic E-state index is 13.5. The first-order valence-electron chi connectivity index (χ1n) is 8.26. The lowest BCUT2D eigenvalue weighted by Gasteiger charge is -2.12. The third-order valence-electron chi connectivity index (χ3n) is 3.93. The van der Waals surface area contributed by atoms with Gasteiger partial charge in [0.15, 0.2) is 0 Å². The number of halogens is 2. The van der Waals surface area contributed by atoms with E-state index in [4.69, 9.17) is 0 Å². The summed E-state index contributed by atoms with van der Waals surface area (Å²) in [6.45, 7) is 0.753. The summed E-state index contributed by atoms with van der Waals surface area (Å²) in [6.07, 6.45) is 3.99. The summed E-state index contributed by atoms with van der Waals surface area (Å²) in [5.41, 5.74) is 0.450. The zero-order valence-electron chi connectivity index (χ0n) is 14.8. The first kappa shape index (κ1) is 19.7. The second kappa shape index (κ2) is 7.51. The van der Waals surface area contributed by atoms with Gasteiger partial charge in [-0.3, -0.25) is 13.8 Å². The number of pyridine rings is 1. The Morgan fingerprint density at radius 1 is 1.18 bits per heavy atom. The van der Waals surface area contributed by atoms with Crippen LogP contribution in [0.15, 0.2) is 67.1 Å². The van der Waals surface area contributed by atoms with Gasteiger partial charge in [0, 0.05) is 31.1 Å². The van der Waals surface area contributed by atoms with Crippen LogP contribution < -0.4 is 5.32 Å². The lowest BCUT2D eigenvalue weighted by atomic mass is 10.1. The molecule has 1 N–H and O–H groups in total. The Bertz CT molecular complexity index is 1090. The number of hydrogen-bond donors (Lipinski definition) is 1. The summed E-state index contributed by atoms with van der Waals surface area (Å²) >= 11 is 0. The Hall–Kier alpha value is -3.07. The van der Waals surface area contributed by atoms with Crippen LogP contribution in [0.25, 0.3) is 0 Å². The Morgan fingerprint density at radius 3 is 2.64 bits per heavy atom. The number of hydrogen-bond acceptors (Lipinski definition) is 4. The molecule has 6 nitrogen and oxygen atoms in total. The van der Waals surface area contributed by atoms with E-state index in [0.717, 1.165) is 10.9 Å². The van der Waals surface area contributed by atoms with E-state index in [0.29, 0.717) is 0 Å². The van der Waals surface area contributed by atoms with Crippen LogP contribution in [0.1, 0.15) is 28.5 Å². The fourth-order valence-electron chi connectivity index (χ4n) is 2.54. The molecular weight excluding hydrogens is 388 g/mol. The Labute approximate surface area is 160 Å². The summed E-state index contributed by atoms with van der Waals surface area (Å²) in [5.74, 6) is -4.00. The van der Waals surface area contributed by atoms with E-state index in [1.165, 1.54) is 55.0 Å². The summed E-state index contributed by atoms with van der Waals surface area (Å²) in [5, 5.41) is 2.56. The quantitative estimate of drug-likeness (QED) is 0.679. The molecule has 0 unspecified atom stereocenters. The number of anilines is 1. The van der Waals surface area contributed by atoms with Crippen molar-refractivity contribution in [3.05, 3.63) is 83.9 Å². The molecular formula is C19H17F2N3O3S. The lowest BCUT2D eigenvalue weighted by Crippen LogP contribution is -2.15. The van der Waals surface area contributed by atoms with Crippen molar-refractivity contribution < 1.29 is 22.0 Å². The molecule has 0 saturated carbocycles. The van der Waals surface area contributed by atoms with Gasteiger partial charge in [-0.1, -0.05) is 24.3 Å². The van der Waals surface area contributed by atoms with E-state index in [2.05, 4.69) is 10.3 Å². The number of nitrogens with zero attached hydrogens (tertiary/aromatic N) is 2. The minimum absolute atomic E-state index is 0.190. The molecule has 0 bridgehead atoms. The Kier molecular flexibility index (Phi) is 5.28. The van der Waals surface area contributed by atoms with Gasteiger partial charge in [0.05, 0.1) is 11.4 Å². The van der Waals surface area contributed by atoms with Crippen LogP contribution in [0.5, 0.6) is 0 Å². The molecule has 0 atom stereocenters. The predicted molar refractivity (Wildman–Crippen MR) is 101 cm³/mol. The van der Waals surface area contributed by atoms with Crippen LogP contribution in [0.2, 0.25) is 0 Å². The summed E-state index contributed by atoms with van der Waals surface area (Å²) in [4.78, 5) is 16.0. The smallest absolute Gasteiger partial charge is 0.274 e. The average molecular weight is 405 g/mol. The number of aromatic nitrogens is 2. The third kappa shape index (κ3) is 4.61. The molecule has 3 aromatic rings. The van der Waals surface area contributed by atoms with Gasteiger partial charge in [0.2, 0.25) is 10.0 Å². The normalized spacial score (nSPS) is 12.0. The Morgan fingerprint density at radius 2 is 1.96 bits per heavy atom. The summed E-state index contributed by atoms with van der Waals surface area (Å²) in [6, 6.07) is 11.6. The molecule has 9 heteroatoms. The first-order valence-corrected chi connectivity index (χ1v) is 9.87. The van der Waals surface area contributed by atoms with Crippen molar-refractivity contribution in [3.8, 4) is 0 Å². The van der Waals surface area contributed by atoms with Crippen LogP contribution in [0.3, 0.4) is 0 Å². The van der Waals surface area contributed by atoms with Crippen molar-refractivity contribution in [1.82, 2.24) is 8.96 Å². The number of amides is 1. The van der Waals surface area contributed by atoms with Crippen molar-refractivity contribution in [3.63, 3.8) is 0 Å². The van der Waals surface area contributed by atoms with E-state index in [-0.39, 0.29) is 22.5 Å². The van der Waals surface area contributed by atoms with Crippen molar-refractivity contribution in [2.75, 3.05) is 5.32 Å². The van der Waals surface area contributed by atoms with Crippen molar-refractivity contribution >= 4 is 21.6 Å². The largest absolute Gasteiger partial charge is 0.319 e. The number of benzene rings is 1. The lowest BCUT2D eigenvalue weighted by molar-refractivity contribution is 0.0174. The maximum atomic E-state index is 13.5. The number of carbonyl (C=O) groups is 1. The molecule has 0 spiro atoms. The zero-order valence-corrected chi connectivity index (χ0v) is 15.7.